The summed E-state index contributed by atoms with van der Waals surface area (Å²) in [6.07, 6.45) is -0.616. The molecule has 0 fully saturated rings. The molecule has 1 unspecified atom stereocenters. The van der Waals surface area contributed by atoms with Crippen molar-refractivity contribution in [1.29, 1.82) is 0 Å². The molecule has 1 atom stereocenters. The van der Waals surface area contributed by atoms with E-state index in [1.54, 1.807) is 32.2 Å². The fraction of sp³-hybridized carbons (Fsp3) is 0.188. The topological polar surface area (TPSA) is 47.6 Å². The first-order valence-electron chi connectivity index (χ1n) is 6.46. The highest BCUT2D eigenvalue weighted by atomic mass is 79.9. The number of hydrogen-bond donors (Lipinski definition) is 1. The Morgan fingerprint density at radius 2 is 1.95 bits per heavy atom. The van der Waals surface area contributed by atoms with Crippen LogP contribution in [-0.2, 0) is 4.79 Å². The number of anilines is 1. The summed E-state index contributed by atoms with van der Waals surface area (Å²) in [5.41, 5.74) is 0.668. The molecular weight excluding hydrogens is 334 g/mol. The number of rotatable bonds is 5. The van der Waals surface area contributed by atoms with Gasteiger partial charge >= 0.3 is 0 Å². The van der Waals surface area contributed by atoms with Crippen molar-refractivity contribution in [2.24, 2.45) is 0 Å². The molecule has 0 saturated heterocycles. The van der Waals surface area contributed by atoms with Gasteiger partial charge in [-0.2, -0.15) is 0 Å². The van der Waals surface area contributed by atoms with Gasteiger partial charge in [-0.1, -0.05) is 18.2 Å². The van der Waals surface area contributed by atoms with Gasteiger partial charge in [0.2, 0.25) is 0 Å². The van der Waals surface area contributed by atoms with Gasteiger partial charge in [0, 0.05) is 11.8 Å². The van der Waals surface area contributed by atoms with Gasteiger partial charge in [0.1, 0.15) is 11.5 Å². The monoisotopic (exact) mass is 349 g/mol. The highest BCUT2D eigenvalue weighted by Crippen LogP contribution is 2.25. The van der Waals surface area contributed by atoms with Gasteiger partial charge in [0.15, 0.2) is 6.10 Å². The van der Waals surface area contributed by atoms with Crippen LogP contribution in [0, 0.1) is 0 Å². The summed E-state index contributed by atoms with van der Waals surface area (Å²) in [7, 11) is 1.58. The number of para-hydroxylation sites is 1. The summed E-state index contributed by atoms with van der Waals surface area (Å²) in [6.45, 7) is 1.70. The standard InChI is InChI=1S/C16H16BrNO3/c1-11(21-15-9-4-3-8-14(15)17)16(19)18-12-6-5-7-13(10-12)20-2/h3-11H,1-2H3,(H,18,19). The Morgan fingerprint density at radius 1 is 1.19 bits per heavy atom. The molecule has 0 aliphatic carbocycles. The van der Waals surface area contributed by atoms with E-state index in [4.69, 9.17) is 9.47 Å². The smallest absolute Gasteiger partial charge is 0.265 e. The van der Waals surface area contributed by atoms with Crippen LogP contribution in [-0.4, -0.2) is 19.1 Å². The van der Waals surface area contributed by atoms with Gasteiger partial charge in [-0.3, -0.25) is 4.79 Å². The van der Waals surface area contributed by atoms with Crippen molar-refractivity contribution in [3.05, 3.63) is 53.0 Å². The normalized spacial score (nSPS) is 11.6. The van der Waals surface area contributed by atoms with Crippen molar-refractivity contribution < 1.29 is 14.3 Å². The van der Waals surface area contributed by atoms with Crippen LogP contribution in [0.5, 0.6) is 11.5 Å². The minimum atomic E-state index is -0.616. The van der Waals surface area contributed by atoms with Crippen LogP contribution in [0.2, 0.25) is 0 Å². The number of hydrogen-bond acceptors (Lipinski definition) is 3. The number of halogens is 1. The number of nitrogens with one attached hydrogen (secondary N) is 1. The molecule has 0 bridgehead atoms. The number of ether oxygens (including phenoxy) is 2. The minimum absolute atomic E-state index is 0.223. The molecule has 1 N–H and O–H groups in total. The Morgan fingerprint density at radius 3 is 2.67 bits per heavy atom. The molecular formula is C16H16BrNO3. The largest absolute Gasteiger partial charge is 0.497 e. The Kier molecular flexibility index (Phi) is 5.22. The predicted octanol–water partition coefficient (Wildman–Crippen LogP) is 3.86. The molecule has 0 spiro atoms. The summed E-state index contributed by atoms with van der Waals surface area (Å²) in [5.74, 6) is 1.09. The average molecular weight is 350 g/mol. The zero-order chi connectivity index (χ0) is 15.2. The summed E-state index contributed by atoms with van der Waals surface area (Å²) in [5, 5.41) is 2.80. The SMILES string of the molecule is COc1cccc(NC(=O)C(C)Oc2ccccc2Br)c1. The van der Waals surface area contributed by atoms with E-state index in [1.165, 1.54) is 0 Å². The maximum absolute atomic E-state index is 12.1. The number of carbonyl (C=O) groups excluding carboxylic acids is 1. The van der Waals surface area contributed by atoms with Crippen molar-refractivity contribution in [2.75, 3.05) is 12.4 Å². The lowest BCUT2D eigenvalue weighted by Crippen LogP contribution is -2.30. The van der Waals surface area contributed by atoms with Crippen LogP contribution >= 0.6 is 15.9 Å². The Labute approximate surface area is 132 Å². The Bertz CT molecular complexity index is 630. The van der Waals surface area contributed by atoms with Crippen molar-refractivity contribution in [2.45, 2.75) is 13.0 Å². The van der Waals surface area contributed by atoms with Crippen LogP contribution in [0.25, 0.3) is 0 Å². The van der Waals surface area contributed by atoms with E-state index in [9.17, 15) is 4.79 Å². The van der Waals surface area contributed by atoms with Gasteiger partial charge in [0.25, 0.3) is 5.91 Å². The second-order valence-electron chi connectivity index (χ2n) is 4.41. The maximum Gasteiger partial charge on any atom is 0.265 e. The van der Waals surface area contributed by atoms with Crippen molar-refractivity contribution in [3.63, 3.8) is 0 Å². The molecule has 0 radical (unpaired) electrons. The lowest BCUT2D eigenvalue weighted by atomic mass is 10.2. The third kappa shape index (κ3) is 4.23. The second kappa shape index (κ2) is 7.13. The van der Waals surface area contributed by atoms with Crippen LogP contribution in [0.15, 0.2) is 53.0 Å². The minimum Gasteiger partial charge on any atom is -0.497 e. The number of amides is 1. The number of methoxy groups -OCH3 is 1. The molecule has 1 amide bonds. The van der Waals surface area contributed by atoms with Gasteiger partial charge in [-0.25, -0.2) is 0 Å². The molecule has 2 aromatic rings. The van der Waals surface area contributed by atoms with Gasteiger partial charge in [-0.05, 0) is 47.1 Å². The molecule has 0 heterocycles. The summed E-state index contributed by atoms with van der Waals surface area (Å²) in [6, 6.07) is 14.6. The van der Waals surface area contributed by atoms with Crippen LogP contribution < -0.4 is 14.8 Å². The van der Waals surface area contributed by atoms with E-state index in [1.807, 2.05) is 30.3 Å². The molecule has 5 heteroatoms. The lowest BCUT2D eigenvalue weighted by molar-refractivity contribution is -0.122. The molecule has 2 rings (SSSR count). The summed E-state index contributed by atoms with van der Waals surface area (Å²) < 4.78 is 11.6. The summed E-state index contributed by atoms with van der Waals surface area (Å²) >= 11 is 3.39. The first-order chi connectivity index (χ1) is 10.1. The summed E-state index contributed by atoms with van der Waals surface area (Å²) in [4.78, 5) is 12.1. The van der Waals surface area contributed by atoms with Crippen molar-refractivity contribution in [1.82, 2.24) is 0 Å². The van der Waals surface area contributed by atoms with Crippen LogP contribution in [0.3, 0.4) is 0 Å². The maximum atomic E-state index is 12.1. The first-order valence-corrected chi connectivity index (χ1v) is 7.25. The van der Waals surface area contributed by atoms with Crippen molar-refractivity contribution in [3.8, 4) is 11.5 Å². The molecule has 0 aromatic heterocycles. The van der Waals surface area contributed by atoms with Gasteiger partial charge in [-0.15, -0.1) is 0 Å². The third-order valence-corrected chi connectivity index (χ3v) is 3.50. The van der Waals surface area contributed by atoms with E-state index in [-0.39, 0.29) is 5.91 Å². The van der Waals surface area contributed by atoms with E-state index in [2.05, 4.69) is 21.2 Å². The zero-order valence-corrected chi connectivity index (χ0v) is 13.4. The van der Waals surface area contributed by atoms with E-state index in [0.29, 0.717) is 17.2 Å². The molecule has 0 aliphatic heterocycles. The Balaban J connectivity index is 2.01. The van der Waals surface area contributed by atoms with Gasteiger partial charge in [0.05, 0.1) is 11.6 Å². The third-order valence-electron chi connectivity index (χ3n) is 2.85. The lowest BCUT2D eigenvalue weighted by Gasteiger charge is -2.16. The van der Waals surface area contributed by atoms with Crippen LogP contribution in [0.4, 0.5) is 5.69 Å². The highest BCUT2D eigenvalue weighted by Gasteiger charge is 2.16. The fourth-order valence-electron chi connectivity index (χ4n) is 1.73. The predicted molar refractivity (Wildman–Crippen MR) is 85.9 cm³/mol. The van der Waals surface area contributed by atoms with Gasteiger partial charge < -0.3 is 14.8 Å². The van der Waals surface area contributed by atoms with E-state index >= 15 is 0 Å². The number of carbonyl (C=O) groups is 1. The van der Waals surface area contributed by atoms with Crippen molar-refractivity contribution >= 4 is 27.5 Å². The van der Waals surface area contributed by atoms with E-state index in [0.717, 1.165) is 4.47 Å². The molecule has 0 saturated carbocycles. The zero-order valence-electron chi connectivity index (χ0n) is 11.8. The molecule has 0 aliphatic rings. The molecule has 110 valence electrons. The van der Waals surface area contributed by atoms with E-state index < -0.39 is 6.10 Å². The molecule has 21 heavy (non-hydrogen) atoms. The molecule has 4 nitrogen and oxygen atoms in total. The average Bonchev–Trinajstić information content (AvgIpc) is 2.49. The second-order valence-corrected chi connectivity index (χ2v) is 5.27. The molecule has 2 aromatic carbocycles. The highest BCUT2D eigenvalue weighted by molar-refractivity contribution is 9.10. The Hall–Kier alpha value is -2.01. The van der Waals surface area contributed by atoms with Crippen LogP contribution in [0.1, 0.15) is 6.92 Å². The number of benzene rings is 2. The quantitative estimate of drug-likeness (QED) is 0.891. The first kappa shape index (κ1) is 15.4. The fourth-order valence-corrected chi connectivity index (χ4v) is 2.11.